The first-order valence-electron chi connectivity index (χ1n) is 6.66. The molecule has 3 unspecified atom stereocenters. The maximum Gasteiger partial charge on any atom is 0.422 e. The topological polar surface area (TPSA) is 35.2 Å². The summed E-state index contributed by atoms with van der Waals surface area (Å²) in [5.74, 6) is 0.948. The lowest BCUT2D eigenvalue weighted by molar-refractivity contribution is -0.164. The van der Waals surface area contributed by atoms with E-state index in [1.165, 1.54) is 0 Å². The molecule has 0 aromatic carbocycles. The summed E-state index contributed by atoms with van der Waals surface area (Å²) >= 11 is 0. The first kappa shape index (κ1) is 14.4. The second-order valence-electron chi connectivity index (χ2n) is 5.64. The minimum atomic E-state index is -4.29. The fourth-order valence-corrected chi connectivity index (χ4v) is 3.18. The Morgan fingerprint density at radius 3 is 2.79 bits per heavy atom. The van der Waals surface area contributed by atoms with Crippen molar-refractivity contribution in [1.29, 1.82) is 0 Å². The number of fused-ring (bicyclic) bond motifs is 1. The molecule has 0 radical (unpaired) electrons. The number of nitrogens with two attached hydrogens (primary N) is 1. The van der Waals surface area contributed by atoms with Crippen molar-refractivity contribution in [2.75, 3.05) is 13.2 Å². The van der Waals surface area contributed by atoms with Crippen LogP contribution in [0.15, 0.2) is 24.0 Å². The fourth-order valence-electron chi connectivity index (χ4n) is 3.18. The first-order valence-corrected chi connectivity index (χ1v) is 6.66. The van der Waals surface area contributed by atoms with Crippen molar-refractivity contribution in [2.45, 2.75) is 32.4 Å². The van der Waals surface area contributed by atoms with Gasteiger partial charge in [0, 0.05) is 0 Å². The summed E-state index contributed by atoms with van der Waals surface area (Å²) in [5, 5.41) is 0. The molecule has 2 aliphatic rings. The van der Waals surface area contributed by atoms with Gasteiger partial charge in [-0.05, 0) is 48.8 Å². The summed E-state index contributed by atoms with van der Waals surface area (Å²) in [4.78, 5) is 0. The monoisotopic (exact) mass is 275 g/mol. The maximum absolute atomic E-state index is 12.1. The second-order valence-corrected chi connectivity index (χ2v) is 5.64. The summed E-state index contributed by atoms with van der Waals surface area (Å²) in [6, 6.07) is 0. The molecule has 108 valence electrons. The predicted octanol–water partition coefficient (Wildman–Crippen LogP) is 3.40. The highest BCUT2D eigenvalue weighted by Crippen LogP contribution is 2.49. The Hall–Kier alpha value is -0.970. The van der Waals surface area contributed by atoms with Crippen LogP contribution in [0.1, 0.15) is 26.2 Å². The van der Waals surface area contributed by atoms with Crippen LogP contribution in [0.4, 0.5) is 13.2 Å². The van der Waals surface area contributed by atoms with Crippen LogP contribution in [0.3, 0.4) is 0 Å². The average Bonchev–Trinajstić information content (AvgIpc) is 2.34. The van der Waals surface area contributed by atoms with E-state index < -0.39 is 12.8 Å². The number of halogens is 3. The number of rotatable bonds is 3. The van der Waals surface area contributed by atoms with Crippen LogP contribution >= 0.6 is 0 Å². The van der Waals surface area contributed by atoms with Crippen LogP contribution < -0.4 is 5.73 Å². The van der Waals surface area contributed by atoms with E-state index in [9.17, 15) is 13.2 Å². The highest BCUT2D eigenvalue weighted by molar-refractivity contribution is 5.26. The van der Waals surface area contributed by atoms with Gasteiger partial charge in [-0.25, -0.2) is 0 Å². The number of ether oxygens (including phenoxy) is 1. The third-order valence-electron chi connectivity index (χ3n) is 4.41. The molecule has 0 aliphatic heterocycles. The number of alkyl halides is 3. The Kier molecular flexibility index (Phi) is 3.95. The molecule has 2 rings (SSSR count). The normalized spacial score (nSPS) is 34.7. The van der Waals surface area contributed by atoms with Crippen molar-refractivity contribution in [3.05, 3.63) is 24.0 Å². The molecule has 2 nitrogen and oxygen atoms in total. The molecule has 1 fully saturated rings. The third-order valence-corrected chi connectivity index (χ3v) is 4.41. The van der Waals surface area contributed by atoms with Crippen molar-refractivity contribution < 1.29 is 17.9 Å². The van der Waals surface area contributed by atoms with Gasteiger partial charge in [-0.1, -0.05) is 19.4 Å². The highest BCUT2D eigenvalue weighted by atomic mass is 19.4. The van der Waals surface area contributed by atoms with Gasteiger partial charge in [0.15, 0.2) is 6.61 Å². The smallest absolute Gasteiger partial charge is 0.422 e. The fraction of sp³-hybridized carbons (Fsp3) is 0.714. The molecule has 1 saturated carbocycles. The molecule has 2 aliphatic carbocycles. The van der Waals surface area contributed by atoms with Crippen LogP contribution in [0, 0.1) is 17.3 Å². The van der Waals surface area contributed by atoms with Gasteiger partial charge in [0.05, 0.1) is 0 Å². The zero-order chi connectivity index (χ0) is 14.1. The molecular weight excluding hydrogens is 255 g/mol. The van der Waals surface area contributed by atoms with E-state index in [1.807, 2.05) is 12.2 Å². The predicted molar refractivity (Wildman–Crippen MR) is 67.2 cm³/mol. The summed E-state index contributed by atoms with van der Waals surface area (Å²) in [6.07, 6.45) is 4.33. The van der Waals surface area contributed by atoms with Crippen LogP contribution in [-0.2, 0) is 4.74 Å². The molecule has 2 N–H and O–H groups in total. The summed E-state index contributed by atoms with van der Waals surface area (Å²) in [5.41, 5.74) is 5.77. The number of hydrogen-bond acceptors (Lipinski definition) is 2. The quantitative estimate of drug-likeness (QED) is 0.856. The van der Waals surface area contributed by atoms with Gasteiger partial charge in [0.1, 0.15) is 5.76 Å². The van der Waals surface area contributed by atoms with E-state index in [0.717, 1.165) is 19.3 Å². The van der Waals surface area contributed by atoms with Crippen molar-refractivity contribution >= 4 is 0 Å². The molecule has 19 heavy (non-hydrogen) atoms. The highest BCUT2D eigenvalue weighted by Gasteiger charge is 2.42. The number of hydrogen-bond donors (Lipinski definition) is 1. The van der Waals surface area contributed by atoms with Crippen molar-refractivity contribution in [2.24, 2.45) is 23.0 Å². The van der Waals surface area contributed by atoms with E-state index in [4.69, 9.17) is 10.5 Å². The third kappa shape index (κ3) is 3.14. The van der Waals surface area contributed by atoms with E-state index in [0.29, 0.717) is 18.2 Å². The van der Waals surface area contributed by atoms with Gasteiger partial charge in [-0.15, -0.1) is 0 Å². The van der Waals surface area contributed by atoms with E-state index in [-0.39, 0.29) is 11.3 Å². The summed E-state index contributed by atoms with van der Waals surface area (Å²) < 4.78 is 41.3. The molecule has 0 amide bonds. The molecule has 0 aromatic rings. The van der Waals surface area contributed by atoms with Gasteiger partial charge in [-0.2, -0.15) is 13.2 Å². The first-order chi connectivity index (χ1) is 8.85. The van der Waals surface area contributed by atoms with Crippen molar-refractivity contribution in [3.63, 3.8) is 0 Å². The molecule has 0 aromatic heterocycles. The number of allylic oxidation sites excluding steroid dienone is 3. The van der Waals surface area contributed by atoms with Crippen LogP contribution in [0.25, 0.3) is 0 Å². The Morgan fingerprint density at radius 1 is 1.42 bits per heavy atom. The van der Waals surface area contributed by atoms with Gasteiger partial charge in [0.2, 0.25) is 0 Å². The molecule has 0 bridgehead atoms. The van der Waals surface area contributed by atoms with Crippen molar-refractivity contribution in [3.8, 4) is 0 Å². The Labute approximate surface area is 111 Å². The molecule has 0 saturated heterocycles. The van der Waals surface area contributed by atoms with Crippen molar-refractivity contribution in [1.82, 2.24) is 0 Å². The van der Waals surface area contributed by atoms with E-state index in [1.54, 1.807) is 6.08 Å². The minimum absolute atomic E-state index is 0.0436. The van der Waals surface area contributed by atoms with E-state index >= 15 is 0 Å². The molecule has 3 atom stereocenters. The Bertz CT molecular complexity index is 389. The molecular formula is C14H20F3NO. The summed E-state index contributed by atoms with van der Waals surface area (Å²) in [6.45, 7) is 1.53. The Morgan fingerprint density at radius 2 is 2.16 bits per heavy atom. The molecule has 5 heteroatoms. The standard InChI is InChI=1S/C14H20F3NO/c1-13-6-5-12(19-9-14(15,16)17)7-10(13)3-2-4-11(13)8-18/h5-7,10-11H,2-4,8-9,18H2,1H3. The van der Waals surface area contributed by atoms with Gasteiger partial charge in [0.25, 0.3) is 0 Å². The largest absolute Gasteiger partial charge is 0.484 e. The summed E-state index contributed by atoms with van der Waals surface area (Å²) in [7, 11) is 0. The lowest BCUT2D eigenvalue weighted by Gasteiger charge is -2.46. The average molecular weight is 275 g/mol. The van der Waals surface area contributed by atoms with Crippen LogP contribution in [-0.4, -0.2) is 19.3 Å². The van der Waals surface area contributed by atoms with E-state index in [2.05, 4.69) is 6.92 Å². The molecule has 0 spiro atoms. The maximum atomic E-state index is 12.1. The zero-order valence-corrected chi connectivity index (χ0v) is 11.0. The van der Waals surface area contributed by atoms with Gasteiger partial charge in [-0.3, -0.25) is 0 Å². The van der Waals surface area contributed by atoms with Crippen LogP contribution in [0.2, 0.25) is 0 Å². The van der Waals surface area contributed by atoms with Gasteiger partial charge < -0.3 is 10.5 Å². The SMILES string of the molecule is CC12C=CC(OCC(F)(F)F)=CC1CCCC2CN. The van der Waals surface area contributed by atoms with Crippen LogP contribution in [0.5, 0.6) is 0 Å². The second kappa shape index (κ2) is 5.19. The Balaban J connectivity index is 2.07. The van der Waals surface area contributed by atoms with Gasteiger partial charge >= 0.3 is 6.18 Å². The lowest BCUT2D eigenvalue weighted by atomic mass is 9.59. The minimum Gasteiger partial charge on any atom is -0.484 e. The zero-order valence-electron chi connectivity index (χ0n) is 11.0. The lowest BCUT2D eigenvalue weighted by Crippen LogP contribution is -2.41. The molecule has 0 heterocycles.